The van der Waals surface area contributed by atoms with E-state index in [9.17, 15) is 4.79 Å². The number of benzene rings is 2. The highest BCUT2D eigenvalue weighted by Crippen LogP contribution is 2.26. The van der Waals surface area contributed by atoms with Gasteiger partial charge in [-0.05, 0) is 35.4 Å². The van der Waals surface area contributed by atoms with Crippen molar-refractivity contribution in [2.45, 2.75) is 6.92 Å². The molecule has 0 spiro atoms. The molecule has 0 aliphatic carbocycles. The van der Waals surface area contributed by atoms with E-state index in [1.54, 1.807) is 0 Å². The molecule has 5 heteroatoms. The molecule has 0 bridgehead atoms. The highest BCUT2D eigenvalue weighted by Gasteiger charge is 2.04. The van der Waals surface area contributed by atoms with Crippen molar-refractivity contribution >= 4 is 28.3 Å². The number of hydrogen-bond donors (Lipinski definition) is 2. The minimum atomic E-state index is -0.0848. The van der Waals surface area contributed by atoms with Gasteiger partial charge in [-0.2, -0.15) is 0 Å². The monoisotopic (exact) mass is 278 g/mol. The lowest BCUT2D eigenvalue weighted by Crippen LogP contribution is -2.05. The van der Waals surface area contributed by atoms with Crippen LogP contribution in [0, 0.1) is 0 Å². The van der Waals surface area contributed by atoms with Crippen molar-refractivity contribution in [1.29, 1.82) is 0 Å². The van der Waals surface area contributed by atoms with Crippen molar-refractivity contribution in [2.24, 2.45) is 0 Å². The molecule has 3 rings (SSSR count). The minimum absolute atomic E-state index is 0.0848. The zero-order valence-electron chi connectivity index (χ0n) is 11.5. The number of hydrogen-bond acceptors (Lipinski definition) is 4. The van der Waals surface area contributed by atoms with E-state index in [-0.39, 0.29) is 5.91 Å². The van der Waals surface area contributed by atoms with Crippen LogP contribution in [0.15, 0.2) is 48.8 Å². The van der Waals surface area contributed by atoms with E-state index in [1.165, 1.54) is 13.3 Å². The second kappa shape index (κ2) is 5.20. The molecule has 3 aromatic rings. The number of rotatable bonds is 2. The molecule has 0 unspecified atom stereocenters. The van der Waals surface area contributed by atoms with Crippen molar-refractivity contribution in [3.8, 4) is 11.1 Å². The molecule has 0 aliphatic rings. The zero-order valence-corrected chi connectivity index (χ0v) is 11.5. The van der Waals surface area contributed by atoms with E-state index < -0.39 is 0 Å². The van der Waals surface area contributed by atoms with Gasteiger partial charge in [-0.3, -0.25) is 4.79 Å². The Hall–Kier alpha value is -2.95. The molecule has 5 nitrogen and oxygen atoms in total. The minimum Gasteiger partial charge on any atom is -0.383 e. The molecule has 1 aromatic heterocycles. The molecule has 0 saturated heterocycles. The fourth-order valence-corrected chi connectivity index (χ4v) is 2.21. The Labute approximate surface area is 121 Å². The molecule has 2 aromatic carbocycles. The number of anilines is 2. The van der Waals surface area contributed by atoms with Crippen LogP contribution >= 0.6 is 0 Å². The van der Waals surface area contributed by atoms with E-state index in [2.05, 4.69) is 15.3 Å². The number of nitrogens with two attached hydrogens (primary N) is 1. The van der Waals surface area contributed by atoms with Crippen LogP contribution in [0.1, 0.15) is 6.92 Å². The molecule has 0 saturated carbocycles. The lowest BCUT2D eigenvalue weighted by molar-refractivity contribution is -0.114. The van der Waals surface area contributed by atoms with Gasteiger partial charge in [0.05, 0.1) is 5.52 Å². The summed E-state index contributed by atoms with van der Waals surface area (Å²) in [7, 11) is 0. The van der Waals surface area contributed by atoms with Crippen molar-refractivity contribution in [1.82, 2.24) is 9.97 Å². The van der Waals surface area contributed by atoms with Gasteiger partial charge in [0.2, 0.25) is 5.91 Å². The summed E-state index contributed by atoms with van der Waals surface area (Å²) in [5.74, 6) is 0.384. The second-order valence-corrected chi connectivity index (χ2v) is 4.75. The molecule has 1 heterocycles. The fraction of sp³-hybridized carbons (Fsp3) is 0.0625. The van der Waals surface area contributed by atoms with E-state index in [4.69, 9.17) is 5.73 Å². The summed E-state index contributed by atoms with van der Waals surface area (Å²) in [4.78, 5) is 19.2. The van der Waals surface area contributed by atoms with Gasteiger partial charge >= 0.3 is 0 Å². The average molecular weight is 278 g/mol. The summed E-state index contributed by atoms with van der Waals surface area (Å²) in [6, 6.07) is 13.5. The Balaban J connectivity index is 2.00. The van der Waals surface area contributed by atoms with Gasteiger partial charge in [0.15, 0.2) is 0 Å². The molecule has 1 amide bonds. The summed E-state index contributed by atoms with van der Waals surface area (Å²) in [6.07, 6.45) is 1.46. The number of aromatic nitrogens is 2. The lowest BCUT2D eigenvalue weighted by atomic mass is 10.0. The predicted octanol–water partition coefficient (Wildman–Crippen LogP) is 2.84. The normalized spacial score (nSPS) is 10.5. The highest BCUT2D eigenvalue weighted by atomic mass is 16.1. The zero-order chi connectivity index (χ0) is 14.8. The van der Waals surface area contributed by atoms with E-state index in [1.807, 2.05) is 42.5 Å². The van der Waals surface area contributed by atoms with Crippen LogP contribution in [-0.2, 0) is 4.79 Å². The maximum Gasteiger partial charge on any atom is 0.221 e. The Morgan fingerprint density at radius 3 is 2.48 bits per heavy atom. The van der Waals surface area contributed by atoms with Crippen LogP contribution in [-0.4, -0.2) is 15.9 Å². The largest absolute Gasteiger partial charge is 0.383 e. The van der Waals surface area contributed by atoms with Crippen LogP contribution in [0.3, 0.4) is 0 Å². The standard InChI is InChI=1S/C16H14N4O/c1-10(21)20-13-5-2-11(3-6-13)12-4-7-15-14(8-12)16(17)19-9-18-15/h2-9H,1H3,(H,20,21)(H2,17,18,19). The van der Waals surface area contributed by atoms with Gasteiger partial charge in [-0.1, -0.05) is 18.2 Å². The number of nitrogen functional groups attached to an aromatic ring is 1. The van der Waals surface area contributed by atoms with Gasteiger partial charge in [0.1, 0.15) is 12.1 Å². The number of carbonyl (C=O) groups is 1. The first-order chi connectivity index (χ1) is 10.1. The second-order valence-electron chi connectivity index (χ2n) is 4.75. The Bertz CT molecular complexity index is 812. The van der Waals surface area contributed by atoms with Crippen molar-refractivity contribution in [3.05, 3.63) is 48.8 Å². The average Bonchev–Trinajstić information content (AvgIpc) is 2.48. The Kier molecular flexibility index (Phi) is 3.23. The molecule has 0 radical (unpaired) electrons. The SMILES string of the molecule is CC(=O)Nc1ccc(-c2ccc3ncnc(N)c3c2)cc1. The predicted molar refractivity (Wildman–Crippen MR) is 83.7 cm³/mol. The third-order valence-electron chi connectivity index (χ3n) is 3.20. The van der Waals surface area contributed by atoms with Crippen LogP contribution in [0.5, 0.6) is 0 Å². The van der Waals surface area contributed by atoms with E-state index in [0.29, 0.717) is 5.82 Å². The fourth-order valence-electron chi connectivity index (χ4n) is 2.21. The number of amides is 1. The smallest absolute Gasteiger partial charge is 0.221 e. The molecule has 21 heavy (non-hydrogen) atoms. The van der Waals surface area contributed by atoms with Gasteiger partial charge in [-0.15, -0.1) is 0 Å². The third kappa shape index (κ3) is 2.67. The third-order valence-corrected chi connectivity index (χ3v) is 3.20. The van der Waals surface area contributed by atoms with E-state index in [0.717, 1.165) is 27.7 Å². The van der Waals surface area contributed by atoms with Crippen LogP contribution in [0.4, 0.5) is 11.5 Å². The number of nitrogens with one attached hydrogen (secondary N) is 1. The summed E-state index contributed by atoms with van der Waals surface area (Å²) in [5, 5.41) is 3.58. The van der Waals surface area contributed by atoms with Gasteiger partial charge in [0.25, 0.3) is 0 Å². The van der Waals surface area contributed by atoms with Crippen molar-refractivity contribution < 1.29 is 4.79 Å². The Morgan fingerprint density at radius 1 is 1.05 bits per heavy atom. The first-order valence-electron chi connectivity index (χ1n) is 6.52. The molecule has 0 fully saturated rings. The molecule has 3 N–H and O–H groups in total. The summed E-state index contributed by atoms with van der Waals surface area (Å²) in [6.45, 7) is 1.49. The van der Waals surface area contributed by atoms with Crippen LogP contribution in [0.25, 0.3) is 22.0 Å². The summed E-state index contributed by atoms with van der Waals surface area (Å²) in [5.41, 5.74) is 9.54. The first kappa shape index (κ1) is 13.1. The molecular formula is C16H14N4O. The maximum atomic E-state index is 11.0. The molecular weight excluding hydrogens is 264 g/mol. The summed E-state index contributed by atoms with van der Waals surface area (Å²) < 4.78 is 0. The lowest BCUT2D eigenvalue weighted by Gasteiger charge is -2.07. The van der Waals surface area contributed by atoms with Gasteiger partial charge in [0, 0.05) is 18.0 Å². The first-order valence-corrected chi connectivity index (χ1v) is 6.52. The van der Waals surface area contributed by atoms with Gasteiger partial charge in [-0.25, -0.2) is 9.97 Å². The van der Waals surface area contributed by atoms with Gasteiger partial charge < -0.3 is 11.1 Å². The molecule has 104 valence electrons. The van der Waals surface area contributed by atoms with Crippen LogP contribution < -0.4 is 11.1 Å². The number of nitrogens with zero attached hydrogens (tertiary/aromatic N) is 2. The molecule has 0 atom stereocenters. The number of carbonyl (C=O) groups excluding carboxylic acids is 1. The van der Waals surface area contributed by atoms with E-state index >= 15 is 0 Å². The maximum absolute atomic E-state index is 11.0. The highest BCUT2D eigenvalue weighted by molar-refractivity contribution is 5.92. The quantitative estimate of drug-likeness (QED) is 0.755. The Morgan fingerprint density at radius 2 is 1.76 bits per heavy atom. The van der Waals surface area contributed by atoms with Crippen molar-refractivity contribution in [2.75, 3.05) is 11.1 Å². The summed E-state index contributed by atoms with van der Waals surface area (Å²) >= 11 is 0. The van der Waals surface area contributed by atoms with Crippen LogP contribution in [0.2, 0.25) is 0 Å². The topological polar surface area (TPSA) is 80.9 Å². The molecule has 0 aliphatic heterocycles. The van der Waals surface area contributed by atoms with Crippen molar-refractivity contribution in [3.63, 3.8) is 0 Å². The number of fused-ring (bicyclic) bond motifs is 1.